The number of hydrogen-bond acceptors (Lipinski definition) is 3. The van der Waals surface area contributed by atoms with Gasteiger partial charge >= 0.3 is 0 Å². The van der Waals surface area contributed by atoms with Crippen molar-refractivity contribution in [3.63, 3.8) is 0 Å². The molecule has 6 heteroatoms. The van der Waals surface area contributed by atoms with Gasteiger partial charge in [0.2, 0.25) is 10.0 Å². The molecule has 0 N–H and O–H groups in total. The van der Waals surface area contributed by atoms with E-state index in [1.165, 1.54) is 0 Å². The summed E-state index contributed by atoms with van der Waals surface area (Å²) in [5.74, 6) is 0. The molecule has 1 aliphatic heterocycles. The maximum atomic E-state index is 12.1. The van der Waals surface area contributed by atoms with E-state index in [0.29, 0.717) is 13.1 Å². The number of halogens is 1. The largest absolute Gasteiger partial charge is 0.369 e. The molecule has 0 unspecified atom stereocenters. The van der Waals surface area contributed by atoms with Crippen molar-refractivity contribution >= 4 is 31.6 Å². The van der Waals surface area contributed by atoms with Gasteiger partial charge in [0, 0.05) is 36.3 Å². The molecule has 0 saturated carbocycles. The van der Waals surface area contributed by atoms with E-state index >= 15 is 0 Å². The molecule has 0 amide bonds. The van der Waals surface area contributed by atoms with Crippen LogP contribution in [0.5, 0.6) is 0 Å². The summed E-state index contributed by atoms with van der Waals surface area (Å²) < 4.78 is 26.8. The maximum Gasteiger partial charge on any atom is 0.216 e. The van der Waals surface area contributed by atoms with Gasteiger partial charge in [0.1, 0.15) is 0 Å². The van der Waals surface area contributed by atoms with Gasteiger partial charge in [-0.15, -0.1) is 0 Å². The predicted octanol–water partition coefficient (Wildman–Crippen LogP) is 2.31. The summed E-state index contributed by atoms with van der Waals surface area (Å²) >= 11 is 3.46. The Morgan fingerprint density at radius 3 is 2.32 bits per heavy atom. The Hall–Kier alpha value is -0.590. The molecule has 4 nitrogen and oxygen atoms in total. The smallest absolute Gasteiger partial charge is 0.216 e. The van der Waals surface area contributed by atoms with E-state index in [4.69, 9.17) is 0 Å². The van der Waals surface area contributed by atoms with E-state index in [-0.39, 0.29) is 5.25 Å². The number of nitrogens with zero attached hydrogens (tertiary/aromatic N) is 2. The van der Waals surface area contributed by atoms with Crippen molar-refractivity contribution in [2.75, 3.05) is 31.1 Å². The Kier molecular flexibility index (Phi) is 4.53. The third-order valence-electron chi connectivity index (χ3n) is 3.37. The minimum absolute atomic E-state index is 0.343. The molecule has 0 spiro atoms. The quantitative estimate of drug-likeness (QED) is 0.843. The molecule has 19 heavy (non-hydrogen) atoms. The Labute approximate surface area is 123 Å². The molecule has 0 atom stereocenters. The summed E-state index contributed by atoms with van der Waals surface area (Å²) in [6.45, 7) is 6.07. The number of sulfonamides is 1. The highest BCUT2D eigenvalue weighted by Gasteiger charge is 2.29. The molecule has 1 saturated heterocycles. The highest BCUT2D eigenvalue weighted by molar-refractivity contribution is 9.10. The Morgan fingerprint density at radius 2 is 1.79 bits per heavy atom. The first kappa shape index (κ1) is 14.8. The van der Waals surface area contributed by atoms with Crippen LogP contribution in [0.3, 0.4) is 0 Å². The Bertz CT molecular complexity index is 537. The molecule has 0 radical (unpaired) electrons. The lowest BCUT2D eigenvalue weighted by Gasteiger charge is -2.36. The van der Waals surface area contributed by atoms with Crippen molar-refractivity contribution < 1.29 is 8.42 Å². The van der Waals surface area contributed by atoms with Crippen molar-refractivity contribution in [1.29, 1.82) is 0 Å². The molecule has 1 aromatic carbocycles. The van der Waals surface area contributed by atoms with Crippen molar-refractivity contribution in [3.05, 3.63) is 28.7 Å². The zero-order valence-corrected chi connectivity index (χ0v) is 13.6. The number of anilines is 1. The van der Waals surface area contributed by atoms with Gasteiger partial charge in [0.25, 0.3) is 0 Å². The SMILES string of the molecule is CC(C)S(=O)(=O)N1CCN(c2cccc(Br)c2)CC1. The van der Waals surface area contributed by atoms with Gasteiger partial charge in [-0.25, -0.2) is 8.42 Å². The molecule has 0 bridgehead atoms. The minimum atomic E-state index is -3.12. The molecule has 2 rings (SSSR count). The lowest BCUT2D eigenvalue weighted by atomic mass is 10.2. The van der Waals surface area contributed by atoms with Crippen LogP contribution in [0.15, 0.2) is 28.7 Å². The third kappa shape index (κ3) is 3.30. The topological polar surface area (TPSA) is 40.6 Å². The minimum Gasteiger partial charge on any atom is -0.369 e. The van der Waals surface area contributed by atoms with Crippen molar-refractivity contribution in [1.82, 2.24) is 4.31 Å². The number of benzene rings is 1. The Morgan fingerprint density at radius 1 is 1.16 bits per heavy atom. The summed E-state index contributed by atoms with van der Waals surface area (Å²) in [7, 11) is -3.12. The standard InChI is InChI=1S/C13H19BrN2O2S/c1-11(2)19(17,18)16-8-6-15(7-9-16)13-5-3-4-12(14)10-13/h3-5,10-11H,6-9H2,1-2H3. The average Bonchev–Trinajstić information content (AvgIpc) is 2.38. The van der Waals surface area contributed by atoms with Crippen LogP contribution >= 0.6 is 15.9 Å². The number of piperazine rings is 1. The first-order valence-corrected chi connectivity index (χ1v) is 8.70. The van der Waals surface area contributed by atoms with Crippen molar-refractivity contribution in [2.24, 2.45) is 0 Å². The van der Waals surface area contributed by atoms with Crippen LogP contribution in [0.4, 0.5) is 5.69 Å². The molecular weight excluding hydrogens is 328 g/mol. The zero-order valence-electron chi connectivity index (χ0n) is 11.2. The van der Waals surface area contributed by atoms with Crippen molar-refractivity contribution in [2.45, 2.75) is 19.1 Å². The number of rotatable bonds is 3. The summed E-state index contributed by atoms with van der Waals surface area (Å²) in [5, 5.41) is -0.343. The molecule has 1 aliphatic rings. The average molecular weight is 347 g/mol. The van der Waals surface area contributed by atoms with E-state index in [1.807, 2.05) is 12.1 Å². The highest BCUT2D eigenvalue weighted by Crippen LogP contribution is 2.22. The molecule has 106 valence electrons. The van der Waals surface area contributed by atoms with Crippen LogP contribution in [-0.4, -0.2) is 44.2 Å². The molecule has 1 fully saturated rings. The maximum absolute atomic E-state index is 12.1. The van der Waals surface area contributed by atoms with E-state index in [0.717, 1.165) is 23.2 Å². The third-order valence-corrected chi connectivity index (χ3v) is 6.14. The van der Waals surface area contributed by atoms with Crippen LogP contribution in [0.1, 0.15) is 13.8 Å². The second-order valence-electron chi connectivity index (χ2n) is 4.96. The van der Waals surface area contributed by atoms with E-state index in [2.05, 4.69) is 33.0 Å². The van der Waals surface area contributed by atoms with Gasteiger partial charge in [-0.05, 0) is 32.0 Å². The van der Waals surface area contributed by atoms with Crippen LogP contribution < -0.4 is 4.90 Å². The van der Waals surface area contributed by atoms with Gasteiger partial charge < -0.3 is 4.90 Å². The fourth-order valence-electron chi connectivity index (χ4n) is 2.17. The van der Waals surface area contributed by atoms with Gasteiger partial charge in [-0.2, -0.15) is 4.31 Å². The molecule has 0 aromatic heterocycles. The molecule has 1 heterocycles. The number of hydrogen-bond donors (Lipinski definition) is 0. The zero-order chi connectivity index (χ0) is 14.0. The molecule has 1 aromatic rings. The van der Waals surface area contributed by atoms with Crippen LogP contribution in [0.2, 0.25) is 0 Å². The van der Waals surface area contributed by atoms with Gasteiger partial charge in [-0.3, -0.25) is 0 Å². The van der Waals surface area contributed by atoms with Gasteiger partial charge in [-0.1, -0.05) is 22.0 Å². The summed E-state index contributed by atoms with van der Waals surface area (Å²) in [6.07, 6.45) is 0. The first-order chi connectivity index (χ1) is 8.91. The fraction of sp³-hybridized carbons (Fsp3) is 0.538. The second kappa shape index (κ2) is 5.81. The van der Waals surface area contributed by atoms with E-state index in [9.17, 15) is 8.42 Å². The van der Waals surface area contributed by atoms with Crippen molar-refractivity contribution in [3.8, 4) is 0 Å². The summed E-state index contributed by atoms with van der Waals surface area (Å²) in [5.41, 5.74) is 1.14. The first-order valence-electron chi connectivity index (χ1n) is 6.41. The summed E-state index contributed by atoms with van der Waals surface area (Å²) in [6, 6.07) is 8.10. The highest BCUT2D eigenvalue weighted by atomic mass is 79.9. The molecular formula is C13H19BrN2O2S. The van der Waals surface area contributed by atoms with Crippen LogP contribution in [0.25, 0.3) is 0 Å². The predicted molar refractivity (Wildman–Crippen MR) is 82.0 cm³/mol. The van der Waals surface area contributed by atoms with Crippen LogP contribution in [0, 0.1) is 0 Å². The second-order valence-corrected chi connectivity index (χ2v) is 8.36. The summed E-state index contributed by atoms with van der Waals surface area (Å²) in [4.78, 5) is 2.22. The van der Waals surface area contributed by atoms with E-state index < -0.39 is 10.0 Å². The van der Waals surface area contributed by atoms with Gasteiger partial charge in [0.05, 0.1) is 5.25 Å². The fourth-order valence-corrected chi connectivity index (χ4v) is 3.83. The van der Waals surface area contributed by atoms with E-state index in [1.54, 1.807) is 18.2 Å². The molecule has 0 aliphatic carbocycles. The van der Waals surface area contributed by atoms with Crippen LogP contribution in [-0.2, 0) is 10.0 Å². The normalized spacial score (nSPS) is 18.0. The lowest BCUT2D eigenvalue weighted by Crippen LogP contribution is -2.50. The Balaban J connectivity index is 2.04. The lowest BCUT2D eigenvalue weighted by molar-refractivity contribution is 0.381. The van der Waals surface area contributed by atoms with Gasteiger partial charge in [0.15, 0.2) is 0 Å². The monoisotopic (exact) mass is 346 g/mol.